The lowest BCUT2D eigenvalue weighted by atomic mass is 9.99. The number of esters is 2. The molecule has 0 heterocycles. The van der Waals surface area contributed by atoms with Crippen molar-refractivity contribution >= 4 is 46.4 Å². The van der Waals surface area contributed by atoms with E-state index < -0.39 is 23.5 Å². The van der Waals surface area contributed by atoms with Gasteiger partial charge in [-0.15, -0.1) is 0 Å². The predicted octanol–water partition coefficient (Wildman–Crippen LogP) is 4.65. The topological polar surface area (TPSA) is 136 Å². The summed E-state index contributed by atoms with van der Waals surface area (Å²) in [7, 11) is 0. The van der Waals surface area contributed by atoms with Gasteiger partial charge in [-0.25, -0.2) is 9.59 Å². The number of Topliss-reactive ketones (excluding diaryl/α,β-unsaturated/α-hetero) is 4. The lowest BCUT2D eigenvalue weighted by molar-refractivity contribution is -0.152. The van der Waals surface area contributed by atoms with Gasteiger partial charge in [0.15, 0.2) is 11.6 Å². The Morgan fingerprint density at radius 1 is 0.622 bits per heavy atom. The van der Waals surface area contributed by atoms with Crippen LogP contribution in [-0.4, -0.2) is 48.2 Å². The Balaban J connectivity index is 2.32. The van der Waals surface area contributed by atoms with Crippen molar-refractivity contribution in [1.29, 1.82) is 0 Å². The van der Waals surface area contributed by atoms with Gasteiger partial charge in [-0.3, -0.25) is 19.2 Å². The summed E-state index contributed by atoms with van der Waals surface area (Å²) in [6.45, 7) is 8.10. The first kappa shape index (κ1) is 29.1. The Morgan fingerprint density at radius 2 is 1.00 bits per heavy atom. The van der Waals surface area contributed by atoms with E-state index in [1.54, 1.807) is 26.0 Å². The molecule has 9 nitrogen and oxygen atoms in total. The van der Waals surface area contributed by atoms with Gasteiger partial charge in [0.05, 0.1) is 11.1 Å². The molecular weight excluding hydrogens is 476 g/mol. The van der Waals surface area contributed by atoms with Gasteiger partial charge >= 0.3 is 11.9 Å². The number of hydrogen-bond acceptors (Lipinski definition) is 9. The number of carbonyl (C=O) groups excluding carboxylic acids is 6. The molecule has 0 bridgehead atoms. The zero-order chi connectivity index (χ0) is 27.5. The van der Waals surface area contributed by atoms with Crippen molar-refractivity contribution in [3.8, 4) is 0 Å². The summed E-state index contributed by atoms with van der Waals surface area (Å²) >= 11 is 0. The highest BCUT2D eigenvalue weighted by Crippen LogP contribution is 2.22. The van der Waals surface area contributed by atoms with E-state index >= 15 is 0 Å². The third kappa shape index (κ3) is 7.42. The first-order valence-electron chi connectivity index (χ1n) is 12.4. The number of rotatable bonds is 14. The molecule has 0 saturated carbocycles. The largest absolute Gasteiger partial charge is 0.387 e. The van der Waals surface area contributed by atoms with Crippen LogP contribution in [0.25, 0.3) is 0 Å². The van der Waals surface area contributed by atoms with Crippen molar-refractivity contribution < 1.29 is 33.5 Å². The molecule has 2 rings (SSSR count). The van der Waals surface area contributed by atoms with Crippen molar-refractivity contribution in [3.63, 3.8) is 0 Å². The zero-order valence-electron chi connectivity index (χ0n) is 21.6. The Labute approximate surface area is 216 Å². The third-order valence-electron chi connectivity index (χ3n) is 5.42. The highest BCUT2D eigenvalue weighted by atomic mass is 16.6. The van der Waals surface area contributed by atoms with E-state index in [4.69, 9.17) is 0 Å². The van der Waals surface area contributed by atoms with Gasteiger partial charge < -0.3 is 15.4 Å². The molecule has 2 aromatic carbocycles. The van der Waals surface area contributed by atoms with Crippen molar-refractivity contribution in [3.05, 3.63) is 58.7 Å². The minimum absolute atomic E-state index is 0.144. The van der Waals surface area contributed by atoms with E-state index in [1.807, 2.05) is 13.8 Å². The quantitative estimate of drug-likeness (QED) is 0.162. The summed E-state index contributed by atoms with van der Waals surface area (Å²) in [6, 6.07) is 8.64. The van der Waals surface area contributed by atoms with Gasteiger partial charge in [-0.05, 0) is 63.1 Å². The maximum atomic E-state index is 12.9. The molecule has 0 spiro atoms. The van der Waals surface area contributed by atoms with Gasteiger partial charge in [0.2, 0.25) is 0 Å². The Hall–Kier alpha value is -4.14. The smallest absolute Gasteiger partial charge is 0.385 e. The second-order valence-corrected chi connectivity index (χ2v) is 8.26. The zero-order valence-corrected chi connectivity index (χ0v) is 21.6. The molecule has 37 heavy (non-hydrogen) atoms. The fraction of sp³-hybridized carbons (Fsp3) is 0.357. The van der Waals surface area contributed by atoms with Crippen LogP contribution in [0, 0.1) is 0 Å². The number of carbonyl (C=O) groups is 6. The first-order valence-corrected chi connectivity index (χ1v) is 12.4. The van der Waals surface area contributed by atoms with Gasteiger partial charge in [-0.2, -0.15) is 0 Å². The van der Waals surface area contributed by atoms with Crippen LogP contribution < -0.4 is 10.6 Å². The summed E-state index contributed by atoms with van der Waals surface area (Å²) in [5, 5.41) is 5.86. The molecule has 2 aromatic rings. The average molecular weight is 509 g/mol. The molecule has 2 N–H and O–H groups in total. The molecule has 0 fully saturated rings. The normalized spacial score (nSPS) is 10.4. The van der Waals surface area contributed by atoms with E-state index in [2.05, 4.69) is 15.4 Å². The van der Waals surface area contributed by atoms with Crippen LogP contribution in [0.1, 0.15) is 94.8 Å². The predicted molar refractivity (Wildman–Crippen MR) is 139 cm³/mol. The number of anilines is 2. The highest BCUT2D eigenvalue weighted by Gasteiger charge is 2.30. The summed E-state index contributed by atoms with van der Waals surface area (Å²) in [5.41, 5.74) is 0.765. The van der Waals surface area contributed by atoms with E-state index in [0.717, 1.165) is 0 Å². The molecule has 0 aliphatic heterocycles. The number of ketones is 4. The molecule has 0 atom stereocenters. The van der Waals surface area contributed by atoms with E-state index in [-0.39, 0.29) is 58.0 Å². The van der Waals surface area contributed by atoms with E-state index in [1.165, 1.54) is 24.3 Å². The lowest BCUT2D eigenvalue weighted by Gasteiger charge is -2.12. The van der Waals surface area contributed by atoms with E-state index in [0.29, 0.717) is 25.9 Å². The fourth-order valence-electron chi connectivity index (χ4n) is 3.64. The molecular formula is C28H32N2O7. The number of nitrogens with one attached hydrogen (secondary N) is 2. The molecule has 0 aromatic heterocycles. The molecule has 0 unspecified atom stereocenters. The summed E-state index contributed by atoms with van der Waals surface area (Å²) in [6.07, 6.45) is 1.74. The van der Waals surface area contributed by atoms with Gasteiger partial charge in [0, 0.05) is 48.4 Å². The summed E-state index contributed by atoms with van der Waals surface area (Å²) in [4.78, 5) is 75.6. The fourth-order valence-corrected chi connectivity index (χ4v) is 3.64. The maximum Gasteiger partial charge on any atom is 0.387 e. The molecule has 196 valence electrons. The maximum absolute atomic E-state index is 12.9. The Kier molecular flexibility index (Phi) is 10.9. The minimum atomic E-state index is -1.55. The number of hydrogen-bond donors (Lipinski definition) is 2. The number of ether oxygens (including phenoxy) is 1. The molecule has 0 aliphatic rings. The minimum Gasteiger partial charge on any atom is -0.385 e. The van der Waals surface area contributed by atoms with Crippen LogP contribution in [-0.2, 0) is 14.3 Å². The Morgan fingerprint density at radius 3 is 1.32 bits per heavy atom. The van der Waals surface area contributed by atoms with Crippen LogP contribution in [0.2, 0.25) is 0 Å². The van der Waals surface area contributed by atoms with Gasteiger partial charge in [0.25, 0.3) is 11.6 Å². The Bertz CT molecular complexity index is 1120. The van der Waals surface area contributed by atoms with Crippen LogP contribution in [0.15, 0.2) is 36.4 Å². The van der Waals surface area contributed by atoms with E-state index in [9.17, 15) is 28.8 Å². The van der Waals surface area contributed by atoms with Gasteiger partial charge in [-0.1, -0.05) is 13.8 Å². The lowest BCUT2D eigenvalue weighted by Crippen LogP contribution is -2.28. The first-order chi connectivity index (χ1) is 17.7. The van der Waals surface area contributed by atoms with Gasteiger partial charge in [0.1, 0.15) is 0 Å². The second kappa shape index (κ2) is 13.8. The molecule has 0 amide bonds. The average Bonchev–Trinajstić information content (AvgIpc) is 2.88. The molecule has 0 radical (unpaired) electrons. The monoisotopic (exact) mass is 508 g/mol. The molecule has 0 saturated heterocycles. The molecule has 9 heteroatoms. The molecule has 0 aliphatic carbocycles. The van der Waals surface area contributed by atoms with Crippen LogP contribution in [0.4, 0.5) is 11.4 Å². The summed E-state index contributed by atoms with van der Waals surface area (Å²) in [5.74, 6) is -5.87. The second-order valence-electron chi connectivity index (χ2n) is 8.26. The van der Waals surface area contributed by atoms with Crippen LogP contribution >= 0.6 is 0 Å². The SMILES string of the molecule is CCCC(=O)c1ccc(NCC)c(C(=O)C(=O)OC(=O)C(=O)c2cc(C(=O)CCC)ccc2NCC)c1. The van der Waals surface area contributed by atoms with Crippen LogP contribution in [0.5, 0.6) is 0 Å². The summed E-state index contributed by atoms with van der Waals surface area (Å²) < 4.78 is 4.64. The van der Waals surface area contributed by atoms with Crippen LogP contribution in [0.3, 0.4) is 0 Å². The van der Waals surface area contributed by atoms with Crippen molar-refractivity contribution in [2.75, 3.05) is 23.7 Å². The van der Waals surface area contributed by atoms with Crippen molar-refractivity contribution in [2.45, 2.75) is 53.4 Å². The van der Waals surface area contributed by atoms with Crippen molar-refractivity contribution in [1.82, 2.24) is 0 Å². The highest BCUT2D eigenvalue weighted by molar-refractivity contribution is 6.49. The third-order valence-corrected chi connectivity index (χ3v) is 5.42. The van der Waals surface area contributed by atoms with Crippen molar-refractivity contribution in [2.24, 2.45) is 0 Å². The standard InChI is InChI=1S/C28H32N2O7/c1-5-9-23(31)17-11-13-21(29-7-3)19(15-17)25(33)27(35)37-28(36)26(34)20-16-18(24(32)10-6-2)12-14-22(20)30-8-4/h11-16,29-30H,5-10H2,1-4H3. The number of benzene rings is 2.